The van der Waals surface area contributed by atoms with E-state index in [2.05, 4.69) is 19.9 Å². The van der Waals surface area contributed by atoms with E-state index in [9.17, 15) is 44.4 Å². The number of Topliss-reactive ketones (excluding diaryl/α,β-unsaturated/α-hetero) is 4. The standard InChI is InChI=1S/C30H24N4O10/c35-17-22(36)26(40)29(43,23(37)18-5-1-9-31-13-18)28(42)30(24(38)19-6-2-10-32-14-19,25(39)20-7-3-11-33-15-20)44-27(41)21-8-4-12-34-16-21/h1-16,22,26,35-36,40,43H,17H2/t22-,26-,29+/m1/s1. The van der Waals surface area contributed by atoms with Crippen molar-refractivity contribution in [3.05, 3.63) is 120 Å². The van der Waals surface area contributed by atoms with Crippen molar-refractivity contribution in [3.8, 4) is 0 Å². The number of hydrogen-bond acceptors (Lipinski definition) is 14. The summed E-state index contributed by atoms with van der Waals surface area (Å²) in [5, 5.41) is 42.9. The normalized spacial score (nSPS) is 14.0. The van der Waals surface area contributed by atoms with Gasteiger partial charge in [-0.3, -0.25) is 39.1 Å². The van der Waals surface area contributed by atoms with E-state index >= 15 is 0 Å². The maximum absolute atomic E-state index is 14.7. The van der Waals surface area contributed by atoms with Crippen LogP contribution in [-0.2, 0) is 9.53 Å². The van der Waals surface area contributed by atoms with Gasteiger partial charge in [0.05, 0.1) is 12.2 Å². The van der Waals surface area contributed by atoms with E-state index in [1.807, 2.05) is 0 Å². The number of carbonyl (C=O) groups excluding carboxylic acids is 5. The monoisotopic (exact) mass is 600 g/mol. The van der Waals surface area contributed by atoms with E-state index in [-0.39, 0.29) is 5.56 Å². The topological polar surface area (TPSA) is 227 Å². The molecule has 0 radical (unpaired) electrons. The lowest BCUT2D eigenvalue weighted by atomic mass is 9.70. The van der Waals surface area contributed by atoms with Crippen molar-refractivity contribution >= 4 is 29.1 Å². The Bertz CT molecular complexity index is 1610. The minimum absolute atomic E-state index is 0.347. The second-order valence-corrected chi connectivity index (χ2v) is 9.32. The highest BCUT2D eigenvalue weighted by molar-refractivity contribution is 6.41. The predicted octanol–water partition coefficient (Wildman–Crippen LogP) is -0.175. The molecule has 44 heavy (non-hydrogen) atoms. The van der Waals surface area contributed by atoms with Crippen LogP contribution >= 0.6 is 0 Å². The fraction of sp³-hybridized carbons (Fsp3) is 0.167. The average Bonchev–Trinajstić information content (AvgIpc) is 3.09. The van der Waals surface area contributed by atoms with Gasteiger partial charge < -0.3 is 25.2 Å². The Labute approximate surface area is 248 Å². The maximum Gasteiger partial charge on any atom is 0.341 e. The molecule has 0 saturated carbocycles. The molecule has 0 aliphatic heterocycles. The third-order valence-electron chi connectivity index (χ3n) is 6.55. The van der Waals surface area contributed by atoms with Gasteiger partial charge in [-0.1, -0.05) is 0 Å². The lowest BCUT2D eigenvalue weighted by Crippen LogP contribution is -2.71. The summed E-state index contributed by atoms with van der Waals surface area (Å²) in [6.45, 7) is -1.29. The van der Waals surface area contributed by atoms with Crippen molar-refractivity contribution in [1.29, 1.82) is 0 Å². The number of nitrogens with zero attached hydrogens (tertiary/aromatic N) is 4. The van der Waals surface area contributed by atoms with Gasteiger partial charge in [-0.2, -0.15) is 0 Å². The third kappa shape index (κ3) is 5.77. The smallest absolute Gasteiger partial charge is 0.341 e. The Morgan fingerprint density at radius 3 is 1.41 bits per heavy atom. The van der Waals surface area contributed by atoms with Crippen LogP contribution in [0.4, 0.5) is 0 Å². The highest BCUT2D eigenvalue weighted by Gasteiger charge is 2.67. The maximum atomic E-state index is 14.7. The summed E-state index contributed by atoms with van der Waals surface area (Å²) < 4.78 is 5.45. The van der Waals surface area contributed by atoms with Gasteiger partial charge >= 0.3 is 5.97 Å². The largest absolute Gasteiger partial charge is 0.430 e. The zero-order chi connectivity index (χ0) is 31.9. The SMILES string of the molecule is O=C(OC(C(=O)c1cccnc1)(C(=O)c1cccnc1)C(=O)[C@](O)(C(=O)c1cccnc1)[C@H](O)[C@H](O)CO)c1cccnc1. The number of aromatic nitrogens is 4. The van der Waals surface area contributed by atoms with E-state index in [1.54, 1.807) is 0 Å². The van der Waals surface area contributed by atoms with Gasteiger partial charge in [-0.15, -0.1) is 0 Å². The fourth-order valence-electron chi connectivity index (χ4n) is 4.27. The van der Waals surface area contributed by atoms with Gasteiger partial charge in [0.2, 0.25) is 28.7 Å². The molecule has 0 bridgehead atoms. The summed E-state index contributed by atoms with van der Waals surface area (Å²) in [6, 6.07) is 9.58. The van der Waals surface area contributed by atoms with Gasteiger partial charge in [0.15, 0.2) is 0 Å². The molecule has 4 N–H and O–H groups in total. The number of esters is 1. The van der Waals surface area contributed by atoms with Gasteiger partial charge in [-0.25, -0.2) is 4.79 Å². The number of aliphatic hydroxyl groups is 4. The molecule has 14 heteroatoms. The Balaban J connectivity index is 2.07. The number of aliphatic hydroxyl groups excluding tert-OH is 3. The van der Waals surface area contributed by atoms with E-state index < -0.39 is 75.8 Å². The summed E-state index contributed by atoms with van der Waals surface area (Å²) in [6.07, 6.45) is 3.57. The highest BCUT2D eigenvalue weighted by Crippen LogP contribution is 2.34. The Morgan fingerprint density at radius 2 is 1.05 bits per heavy atom. The van der Waals surface area contributed by atoms with Crippen LogP contribution in [-0.4, -0.2) is 99.5 Å². The second kappa shape index (κ2) is 13.3. The number of pyridine rings is 4. The van der Waals surface area contributed by atoms with Crippen LogP contribution in [0.25, 0.3) is 0 Å². The molecule has 224 valence electrons. The molecule has 4 rings (SSSR count). The second-order valence-electron chi connectivity index (χ2n) is 9.32. The van der Waals surface area contributed by atoms with Gasteiger partial charge in [-0.05, 0) is 48.5 Å². The Hall–Kier alpha value is -5.41. The molecule has 3 atom stereocenters. The first kappa shape index (κ1) is 31.5. The fourth-order valence-corrected chi connectivity index (χ4v) is 4.27. The van der Waals surface area contributed by atoms with Crippen molar-refractivity contribution < 1.29 is 49.1 Å². The van der Waals surface area contributed by atoms with E-state index in [1.165, 1.54) is 55.1 Å². The molecule has 4 aromatic heterocycles. The first-order chi connectivity index (χ1) is 21.1. The van der Waals surface area contributed by atoms with Gasteiger partial charge in [0, 0.05) is 66.3 Å². The Morgan fingerprint density at radius 1 is 0.659 bits per heavy atom. The lowest BCUT2D eigenvalue weighted by molar-refractivity contribution is -0.164. The summed E-state index contributed by atoms with van der Waals surface area (Å²) in [5.41, 5.74) is -9.47. The van der Waals surface area contributed by atoms with Crippen LogP contribution in [0.15, 0.2) is 98.1 Å². The number of ketones is 4. The molecular formula is C30H24N4O10. The van der Waals surface area contributed by atoms with Crippen LogP contribution in [0, 0.1) is 0 Å². The quantitative estimate of drug-likeness (QED) is 0.0887. The number of carbonyl (C=O) groups is 5. The third-order valence-corrected chi connectivity index (χ3v) is 6.55. The molecule has 0 fully saturated rings. The molecular weight excluding hydrogens is 576 g/mol. The molecule has 0 saturated heterocycles. The van der Waals surface area contributed by atoms with Gasteiger partial charge in [0.25, 0.3) is 5.60 Å². The predicted molar refractivity (Wildman–Crippen MR) is 147 cm³/mol. The molecule has 0 amide bonds. The van der Waals surface area contributed by atoms with E-state index in [0.29, 0.717) is 0 Å². The van der Waals surface area contributed by atoms with Crippen molar-refractivity contribution in [1.82, 2.24) is 19.9 Å². The molecule has 0 aromatic carbocycles. The Kier molecular flexibility index (Phi) is 9.51. The van der Waals surface area contributed by atoms with Crippen molar-refractivity contribution in [2.24, 2.45) is 0 Å². The minimum Gasteiger partial charge on any atom is -0.430 e. The van der Waals surface area contributed by atoms with E-state index in [4.69, 9.17) is 4.74 Å². The van der Waals surface area contributed by atoms with Crippen LogP contribution in [0.3, 0.4) is 0 Å². The molecule has 4 aromatic rings. The van der Waals surface area contributed by atoms with Crippen LogP contribution in [0.1, 0.15) is 41.4 Å². The highest BCUT2D eigenvalue weighted by atomic mass is 16.6. The molecule has 14 nitrogen and oxygen atoms in total. The summed E-state index contributed by atoms with van der Waals surface area (Å²) in [5.74, 6) is -8.39. The molecule has 0 spiro atoms. The first-order valence-electron chi connectivity index (χ1n) is 12.8. The lowest BCUT2D eigenvalue weighted by Gasteiger charge is -2.39. The van der Waals surface area contributed by atoms with Crippen LogP contribution in [0.5, 0.6) is 0 Å². The minimum atomic E-state index is -3.91. The van der Waals surface area contributed by atoms with Crippen molar-refractivity contribution in [3.63, 3.8) is 0 Å². The summed E-state index contributed by atoms with van der Waals surface area (Å²) >= 11 is 0. The number of rotatable bonds is 13. The van der Waals surface area contributed by atoms with Crippen LogP contribution < -0.4 is 0 Å². The zero-order valence-corrected chi connectivity index (χ0v) is 22.6. The van der Waals surface area contributed by atoms with Crippen LogP contribution in [0.2, 0.25) is 0 Å². The first-order valence-corrected chi connectivity index (χ1v) is 12.8. The zero-order valence-electron chi connectivity index (χ0n) is 22.6. The average molecular weight is 601 g/mol. The summed E-state index contributed by atoms with van der Waals surface area (Å²) in [7, 11) is 0. The molecule has 0 aliphatic rings. The van der Waals surface area contributed by atoms with Gasteiger partial charge in [0.1, 0.15) is 12.2 Å². The molecule has 0 aliphatic carbocycles. The molecule has 0 unspecified atom stereocenters. The van der Waals surface area contributed by atoms with E-state index in [0.717, 1.165) is 43.0 Å². The van der Waals surface area contributed by atoms with Crippen molar-refractivity contribution in [2.75, 3.05) is 6.61 Å². The number of ether oxygens (including phenoxy) is 1. The van der Waals surface area contributed by atoms with Crippen molar-refractivity contribution in [2.45, 2.75) is 23.4 Å². The molecule has 4 heterocycles. The number of hydrogen-bond donors (Lipinski definition) is 4. The summed E-state index contributed by atoms with van der Waals surface area (Å²) in [4.78, 5) is 85.8.